The fourth-order valence-corrected chi connectivity index (χ4v) is 2.30. The minimum atomic E-state index is -0.186. The molecule has 0 unspecified atom stereocenters. The highest BCUT2D eigenvalue weighted by atomic mass is 16.5. The lowest BCUT2D eigenvalue weighted by Crippen LogP contribution is -2.05. The molecule has 0 heterocycles. The maximum Gasteiger partial charge on any atom is 0.196 e. The van der Waals surface area contributed by atoms with Crippen LogP contribution in [-0.2, 0) is 0 Å². The van der Waals surface area contributed by atoms with Crippen LogP contribution in [0.3, 0.4) is 0 Å². The molecule has 0 bridgehead atoms. The third-order valence-electron chi connectivity index (χ3n) is 3.61. The molecule has 0 amide bonds. The Morgan fingerprint density at radius 2 is 1.52 bits per heavy atom. The minimum absolute atomic E-state index is 0.186. The smallest absolute Gasteiger partial charge is 0.196 e. The van der Waals surface area contributed by atoms with Crippen molar-refractivity contribution in [3.8, 4) is 17.2 Å². The van der Waals surface area contributed by atoms with Crippen LogP contribution in [0.5, 0.6) is 17.2 Å². The Kier molecular flexibility index (Phi) is 5.06. The van der Waals surface area contributed by atoms with Crippen molar-refractivity contribution in [3.05, 3.63) is 59.7 Å². The molecule has 23 heavy (non-hydrogen) atoms. The summed E-state index contributed by atoms with van der Waals surface area (Å²) in [7, 11) is 4.66. The molecule has 0 aliphatic heterocycles. The molecule has 2 rings (SSSR count). The van der Waals surface area contributed by atoms with Gasteiger partial charge in [0.2, 0.25) is 0 Å². The molecule has 4 nitrogen and oxygen atoms in total. The molecule has 120 valence electrons. The topological polar surface area (TPSA) is 44.8 Å². The van der Waals surface area contributed by atoms with Crippen LogP contribution < -0.4 is 14.2 Å². The van der Waals surface area contributed by atoms with Gasteiger partial charge in [0.1, 0.15) is 5.75 Å². The normalized spacial score (nSPS) is 10.1. The molecule has 2 aromatic rings. The van der Waals surface area contributed by atoms with Crippen molar-refractivity contribution in [1.29, 1.82) is 0 Å². The summed E-state index contributed by atoms with van der Waals surface area (Å²) in [6.45, 7) is 5.87. The van der Waals surface area contributed by atoms with E-state index < -0.39 is 0 Å². The number of carbonyl (C=O) groups is 1. The summed E-state index contributed by atoms with van der Waals surface area (Å²) < 4.78 is 15.8. The van der Waals surface area contributed by atoms with Crippen LogP contribution in [0.15, 0.2) is 43.0 Å². The second-order valence-corrected chi connectivity index (χ2v) is 5.08. The molecule has 0 aliphatic carbocycles. The number of hydrogen-bond acceptors (Lipinski definition) is 4. The van der Waals surface area contributed by atoms with E-state index in [2.05, 4.69) is 6.58 Å². The van der Waals surface area contributed by atoms with Gasteiger partial charge in [0.05, 0.1) is 26.9 Å². The first-order chi connectivity index (χ1) is 11.0. The fourth-order valence-electron chi connectivity index (χ4n) is 2.30. The molecule has 0 spiro atoms. The molecule has 0 radical (unpaired) electrons. The van der Waals surface area contributed by atoms with Gasteiger partial charge < -0.3 is 14.2 Å². The van der Waals surface area contributed by atoms with E-state index in [1.165, 1.54) is 0 Å². The lowest BCUT2D eigenvalue weighted by atomic mass is 9.96. The lowest BCUT2D eigenvalue weighted by molar-refractivity contribution is 0.105. The summed E-state index contributed by atoms with van der Waals surface area (Å²) in [4.78, 5) is 12.7. The molecule has 0 N–H and O–H groups in total. The number of ether oxygens (including phenoxy) is 3. The number of allylic oxidation sites excluding steroid dienone is 1. The second kappa shape index (κ2) is 7.01. The second-order valence-electron chi connectivity index (χ2n) is 5.08. The first-order valence-corrected chi connectivity index (χ1v) is 7.12. The quantitative estimate of drug-likeness (QED) is 0.599. The number of Topliss-reactive ketones (excluding diaryl/α,β-unsaturated/α-hetero) is 1. The van der Waals surface area contributed by atoms with Crippen LogP contribution in [0.1, 0.15) is 21.5 Å². The molecular weight excluding hydrogens is 292 g/mol. The van der Waals surface area contributed by atoms with E-state index in [-0.39, 0.29) is 5.78 Å². The highest BCUT2D eigenvalue weighted by molar-refractivity contribution is 6.29. The van der Waals surface area contributed by atoms with Crippen molar-refractivity contribution in [2.24, 2.45) is 0 Å². The Labute approximate surface area is 136 Å². The molecule has 0 atom stereocenters. The van der Waals surface area contributed by atoms with E-state index in [9.17, 15) is 4.79 Å². The maximum atomic E-state index is 12.7. The van der Waals surface area contributed by atoms with Gasteiger partial charge in [-0.2, -0.15) is 0 Å². The van der Waals surface area contributed by atoms with Crippen LogP contribution in [0.4, 0.5) is 0 Å². The van der Waals surface area contributed by atoms with Gasteiger partial charge in [0.25, 0.3) is 0 Å². The summed E-state index contributed by atoms with van der Waals surface area (Å²) in [5.41, 5.74) is 2.55. The van der Waals surface area contributed by atoms with Crippen molar-refractivity contribution in [3.63, 3.8) is 0 Å². The molecule has 4 heteroatoms. The Balaban J connectivity index is 2.39. The number of carbonyl (C=O) groups excluding carboxylic acids is 1. The van der Waals surface area contributed by atoms with Gasteiger partial charge in [-0.05, 0) is 42.3 Å². The number of ketones is 1. The minimum Gasteiger partial charge on any atom is -0.496 e. The van der Waals surface area contributed by atoms with Crippen molar-refractivity contribution < 1.29 is 19.0 Å². The summed E-state index contributed by atoms with van der Waals surface area (Å²) in [6.07, 6.45) is 0. The zero-order valence-electron chi connectivity index (χ0n) is 13.8. The van der Waals surface area contributed by atoms with Crippen molar-refractivity contribution in [2.75, 3.05) is 21.3 Å². The van der Waals surface area contributed by atoms with Gasteiger partial charge >= 0.3 is 0 Å². The zero-order valence-corrected chi connectivity index (χ0v) is 13.8. The number of hydrogen-bond donors (Lipinski definition) is 0. The van der Waals surface area contributed by atoms with Gasteiger partial charge in [0.15, 0.2) is 17.3 Å². The Hall–Kier alpha value is -2.75. The number of rotatable bonds is 6. The van der Waals surface area contributed by atoms with E-state index in [0.29, 0.717) is 33.9 Å². The molecule has 0 aliphatic rings. The van der Waals surface area contributed by atoms with E-state index in [1.54, 1.807) is 45.6 Å². The van der Waals surface area contributed by atoms with E-state index in [4.69, 9.17) is 14.2 Å². The van der Waals surface area contributed by atoms with Gasteiger partial charge in [-0.3, -0.25) is 4.79 Å². The average Bonchev–Trinajstić information content (AvgIpc) is 2.59. The Bertz CT molecular complexity index is 747. The van der Waals surface area contributed by atoms with Gasteiger partial charge in [0, 0.05) is 5.57 Å². The summed E-state index contributed by atoms with van der Waals surface area (Å²) in [6, 6.07) is 10.7. The Morgan fingerprint density at radius 3 is 2.13 bits per heavy atom. The van der Waals surface area contributed by atoms with Crippen LogP contribution in [0.2, 0.25) is 0 Å². The SMILES string of the molecule is C=C(C(=O)c1ccc(C)cc1OC)c1ccc(OC)c(OC)c1. The van der Waals surface area contributed by atoms with E-state index >= 15 is 0 Å². The highest BCUT2D eigenvalue weighted by Crippen LogP contribution is 2.32. The molecule has 0 saturated heterocycles. The maximum absolute atomic E-state index is 12.7. The van der Waals surface area contributed by atoms with Crippen LogP contribution in [0, 0.1) is 6.92 Å². The number of benzene rings is 2. The molecule has 0 fully saturated rings. The summed E-state index contributed by atoms with van der Waals surface area (Å²) in [5, 5.41) is 0. The molecule has 0 saturated carbocycles. The molecule has 0 aromatic heterocycles. The van der Waals surface area contributed by atoms with Crippen molar-refractivity contribution >= 4 is 11.4 Å². The van der Waals surface area contributed by atoms with E-state index in [0.717, 1.165) is 5.56 Å². The lowest BCUT2D eigenvalue weighted by Gasteiger charge is -2.12. The first-order valence-electron chi connectivity index (χ1n) is 7.12. The Morgan fingerprint density at radius 1 is 0.870 bits per heavy atom. The predicted molar refractivity (Wildman–Crippen MR) is 90.6 cm³/mol. The number of aryl methyl sites for hydroxylation is 1. The van der Waals surface area contributed by atoms with E-state index in [1.807, 2.05) is 19.1 Å². The van der Waals surface area contributed by atoms with Crippen LogP contribution >= 0.6 is 0 Å². The zero-order chi connectivity index (χ0) is 17.0. The van der Waals surface area contributed by atoms with Gasteiger partial charge in [-0.15, -0.1) is 0 Å². The average molecular weight is 312 g/mol. The third kappa shape index (κ3) is 3.37. The largest absolute Gasteiger partial charge is 0.496 e. The van der Waals surface area contributed by atoms with Gasteiger partial charge in [-0.1, -0.05) is 18.7 Å². The predicted octanol–water partition coefficient (Wildman–Crippen LogP) is 3.92. The summed E-state index contributed by atoms with van der Waals surface area (Å²) in [5.74, 6) is 1.50. The number of methoxy groups -OCH3 is 3. The van der Waals surface area contributed by atoms with Gasteiger partial charge in [-0.25, -0.2) is 0 Å². The first kappa shape index (κ1) is 16.6. The summed E-state index contributed by atoms with van der Waals surface area (Å²) >= 11 is 0. The van der Waals surface area contributed by atoms with Crippen LogP contribution in [-0.4, -0.2) is 27.1 Å². The standard InChI is InChI=1S/C19H20O4/c1-12-6-8-15(17(10-12)22-4)19(20)13(2)14-7-9-16(21-3)18(11-14)23-5/h6-11H,2H2,1,3-5H3. The molecule has 2 aromatic carbocycles. The van der Waals surface area contributed by atoms with Crippen molar-refractivity contribution in [1.82, 2.24) is 0 Å². The van der Waals surface area contributed by atoms with Crippen LogP contribution in [0.25, 0.3) is 5.57 Å². The van der Waals surface area contributed by atoms with Crippen molar-refractivity contribution in [2.45, 2.75) is 6.92 Å². The monoisotopic (exact) mass is 312 g/mol. The third-order valence-corrected chi connectivity index (χ3v) is 3.61. The molecular formula is C19H20O4. The highest BCUT2D eigenvalue weighted by Gasteiger charge is 2.18. The fraction of sp³-hybridized carbons (Fsp3) is 0.211.